The van der Waals surface area contributed by atoms with Crippen molar-refractivity contribution in [2.75, 3.05) is 29.5 Å². The van der Waals surface area contributed by atoms with Gasteiger partial charge in [-0.3, -0.25) is 4.79 Å². The molecule has 16 heteroatoms. The van der Waals surface area contributed by atoms with Gasteiger partial charge in [-0.2, -0.15) is 27.2 Å². The first-order valence-electron chi connectivity index (χ1n) is 13.1. The molecule has 2 saturated carbocycles. The first-order chi connectivity index (χ1) is 19.5. The summed E-state index contributed by atoms with van der Waals surface area (Å²) in [6.45, 7) is -0.0538. The Kier molecular flexibility index (Phi) is 7.27. The van der Waals surface area contributed by atoms with Crippen LogP contribution in [0, 0.1) is 17.2 Å². The number of hydrogen-bond acceptors (Lipinski definition) is 7. The molecule has 3 aliphatic rings. The second-order valence-electron chi connectivity index (χ2n) is 11.0. The molecule has 0 radical (unpaired) electrons. The molecule has 5 rings (SSSR count). The fraction of sp³-hybridized carbons (Fsp3) is 0.577. The highest BCUT2D eigenvalue weighted by Crippen LogP contribution is 2.52. The second-order valence-corrected chi connectivity index (χ2v) is 13.3. The van der Waals surface area contributed by atoms with E-state index in [1.165, 1.54) is 24.3 Å². The number of hydrogen-bond donors (Lipinski definition) is 1. The smallest absolute Gasteiger partial charge is 0.439 e. The lowest BCUT2D eigenvalue weighted by Crippen LogP contribution is -2.45. The zero-order chi connectivity index (χ0) is 30.7. The number of amides is 1. The fourth-order valence-electron chi connectivity index (χ4n) is 5.38. The van der Waals surface area contributed by atoms with Gasteiger partial charge >= 0.3 is 12.1 Å². The van der Waals surface area contributed by atoms with Crippen LogP contribution >= 0.6 is 0 Å². The number of nitrogens with zero attached hydrogens (tertiary/aromatic N) is 3. The zero-order valence-electron chi connectivity index (χ0n) is 21.9. The minimum Gasteiger partial charge on any atom is -0.439 e. The minimum absolute atomic E-state index is 0.0269. The van der Waals surface area contributed by atoms with E-state index in [1.54, 1.807) is 4.90 Å². The number of alkyl halides is 7. The third kappa shape index (κ3) is 5.67. The normalized spacial score (nSPS) is 25.0. The zero-order valence-corrected chi connectivity index (χ0v) is 22.7. The van der Waals surface area contributed by atoms with Gasteiger partial charge in [0.05, 0.1) is 17.6 Å². The van der Waals surface area contributed by atoms with Crippen LogP contribution < -0.4 is 10.2 Å². The van der Waals surface area contributed by atoms with Crippen molar-refractivity contribution < 1.29 is 48.4 Å². The largest absolute Gasteiger partial charge is 0.463 e. The van der Waals surface area contributed by atoms with E-state index in [-0.39, 0.29) is 35.8 Å². The van der Waals surface area contributed by atoms with Crippen molar-refractivity contribution in [1.82, 2.24) is 10.3 Å². The average Bonchev–Trinajstić information content (AvgIpc) is 3.53. The van der Waals surface area contributed by atoms with Crippen LogP contribution in [0.3, 0.4) is 0 Å². The highest BCUT2D eigenvalue weighted by molar-refractivity contribution is 7.91. The summed E-state index contributed by atoms with van der Waals surface area (Å²) in [4.78, 5) is 18.3. The van der Waals surface area contributed by atoms with Gasteiger partial charge in [0, 0.05) is 49.0 Å². The van der Waals surface area contributed by atoms with Gasteiger partial charge in [-0.25, -0.2) is 22.2 Å². The van der Waals surface area contributed by atoms with Crippen molar-refractivity contribution in [3.8, 4) is 17.3 Å². The molecule has 2 atom stereocenters. The number of carbonyl (C=O) groups excluding carboxylic acids is 1. The number of oxazole rings is 1. The summed E-state index contributed by atoms with van der Waals surface area (Å²) >= 11 is 0. The molecular weight excluding hydrogens is 597 g/mol. The van der Waals surface area contributed by atoms with E-state index in [0.717, 1.165) is 0 Å². The van der Waals surface area contributed by atoms with Crippen molar-refractivity contribution >= 4 is 21.4 Å². The number of para-hydroxylation sites is 1. The Balaban J connectivity index is 1.64. The molecule has 0 unspecified atom stereocenters. The maximum absolute atomic E-state index is 14.8. The summed E-state index contributed by atoms with van der Waals surface area (Å²) in [6.07, 6.45) is -7.81. The number of sulfone groups is 1. The SMILES string of the molecule is N#CC1(NC(=O)[C@@H]2CCC(F)(F)C[C@H]2c2oc(C(F)(F)C(F)(F)F)nc2-c2ccccc2N2CCS(=O)(=O)CC2)CC1. The van der Waals surface area contributed by atoms with Crippen LogP contribution in [0.1, 0.15) is 49.7 Å². The van der Waals surface area contributed by atoms with E-state index in [2.05, 4.69) is 10.3 Å². The van der Waals surface area contributed by atoms with Crippen molar-refractivity contribution in [2.45, 2.75) is 61.6 Å². The summed E-state index contributed by atoms with van der Waals surface area (Å²) < 4.78 is 128. The van der Waals surface area contributed by atoms with Crippen LogP contribution in [0.15, 0.2) is 28.7 Å². The summed E-state index contributed by atoms with van der Waals surface area (Å²) in [5.41, 5.74) is -1.61. The van der Waals surface area contributed by atoms with Crippen LogP contribution in [-0.4, -0.2) is 61.5 Å². The number of nitrogens with one attached hydrogen (secondary N) is 1. The Morgan fingerprint density at radius 2 is 1.74 bits per heavy atom. The second kappa shape index (κ2) is 10.1. The van der Waals surface area contributed by atoms with E-state index in [0.29, 0.717) is 12.8 Å². The monoisotopic (exact) mass is 622 g/mol. The van der Waals surface area contributed by atoms with Crippen LogP contribution in [0.5, 0.6) is 0 Å². The Morgan fingerprint density at radius 3 is 2.33 bits per heavy atom. The van der Waals surface area contributed by atoms with Gasteiger partial charge in [-0.15, -0.1) is 0 Å². The van der Waals surface area contributed by atoms with E-state index in [4.69, 9.17) is 4.42 Å². The summed E-state index contributed by atoms with van der Waals surface area (Å²) in [6, 6.07) is 7.66. The van der Waals surface area contributed by atoms with Gasteiger partial charge < -0.3 is 14.6 Å². The Morgan fingerprint density at radius 1 is 1.10 bits per heavy atom. The van der Waals surface area contributed by atoms with Gasteiger partial charge in [0.15, 0.2) is 9.84 Å². The predicted octanol–water partition coefficient (Wildman–Crippen LogP) is 4.92. The molecule has 3 fully saturated rings. The molecule has 1 N–H and O–H groups in total. The minimum atomic E-state index is -6.13. The van der Waals surface area contributed by atoms with E-state index in [9.17, 15) is 49.2 Å². The number of halogens is 7. The summed E-state index contributed by atoms with van der Waals surface area (Å²) in [5, 5.41) is 11.9. The number of carbonyl (C=O) groups is 1. The lowest BCUT2D eigenvalue weighted by atomic mass is 9.74. The molecule has 228 valence electrons. The molecule has 1 aromatic heterocycles. The molecule has 1 saturated heterocycles. The lowest BCUT2D eigenvalue weighted by Gasteiger charge is -2.35. The predicted molar refractivity (Wildman–Crippen MR) is 134 cm³/mol. The molecule has 42 heavy (non-hydrogen) atoms. The number of nitriles is 1. The van der Waals surface area contributed by atoms with Crippen LogP contribution in [0.4, 0.5) is 36.4 Å². The highest BCUT2D eigenvalue weighted by Gasteiger charge is 2.63. The molecule has 0 bridgehead atoms. The third-order valence-corrected chi connectivity index (χ3v) is 9.56. The van der Waals surface area contributed by atoms with E-state index >= 15 is 0 Å². The Labute approximate surface area is 235 Å². The topological polar surface area (TPSA) is 116 Å². The first-order valence-corrected chi connectivity index (χ1v) is 14.9. The highest BCUT2D eigenvalue weighted by atomic mass is 32.2. The fourth-order valence-corrected chi connectivity index (χ4v) is 6.58. The van der Waals surface area contributed by atoms with Gasteiger partial charge in [0.2, 0.25) is 11.8 Å². The lowest BCUT2D eigenvalue weighted by molar-refractivity contribution is -0.297. The number of aromatic nitrogens is 1. The molecule has 2 aromatic rings. The average molecular weight is 623 g/mol. The standard InChI is InChI=1S/C26H25F7N4O4S/c27-24(28)6-5-15(21(38)36-23(14-34)7-8-23)17(13-24)20-19(35-22(41-20)25(29,30)26(31,32)33)16-3-1-2-4-18(16)37-9-11-42(39,40)12-10-37/h1-4,15,17H,5-13H2,(H,36,38)/t15-,17-/m1/s1. The maximum atomic E-state index is 14.8. The number of rotatable bonds is 6. The Hall–Kier alpha value is -3.35. The molecule has 0 spiro atoms. The summed E-state index contributed by atoms with van der Waals surface area (Å²) in [7, 11) is -3.35. The third-order valence-electron chi connectivity index (χ3n) is 7.95. The van der Waals surface area contributed by atoms with E-state index < -0.39 is 87.7 Å². The Bertz CT molecular complexity index is 1520. The van der Waals surface area contributed by atoms with Crippen molar-refractivity contribution in [2.24, 2.45) is 5.92 Å². The van der Waals surface area contributed by atoms with Crippen LogP contribution in [0.2, 0.25) is 0 Å². The van der Waals surface area contributed by atoms with Crippen molar-refractivity contribution in [1.29, 1.82) is 5.26 Å². The first kappa shape index (κ1) is 30.1. The molecular formula is C26H25F7N4O4S. The van der Waals surface area contributed by atoms with Gasteiger partial charge in [-0.1, -0.05) is 18.2 Å². The van der Waals surface area contributed by atoms with Crippen LogP contribution in [-0.2, 0) is 20.6 Å². The molecule has 1 amide bonds. The van der Waals surface area contributed by atoms with Gasteiger partial charge in [0.25, 0.3) is 5.89 Å². The molecule has 2 heterocycles. The van der Waals surface area contributed by atoms with Crippen LogP contribution in [0.25, 0.3) is 11.3 Å². The maximum Gasteiger partial charge on any atom is 0.463 e. The summed E-state index contributed by atoms with van der Waals surface area (Å²) in [5.74, 6) is -16.2. The number of benzene rings is 1. The van der Waals surface area contributed by atoms with E-state index in [1.807, 2.05) is 6.07 Å². The molecule has 8 nitrogen and oxygen atoms in total. The number of anilines is 1. The van der Waals surface area contributed by atoms with Gasteiger partial charge in [-0.05, 0) is 25.3 Å². The molecule has 1 aromatic carbocycles. The molecule has 2 aliphatic carbocycles. The van der Waals surface area contributed by atoms with Gasteiger partial charge in [0.1, 0.15) is 17.0 Å². The molecule has 1 aliphatic heterocycles. The van der Waals surface area contributed by atoms with Crippen molar-refractivity contribution in [3.05, 3.63) is 35.9 Å². The van der Waals surface area contributed by atoms with Crippen molar-refractivity contribution in [3.63, 3.8) is 0 Å². The quantitative estimate of drug-likeness (QED) is 0.455.